The number of nitrogen functional groups attached to an aromatic ring is 1. The molecule has 0 aliphatic rings. The Balaban J connectivity index is 2.69. The van der Waals surface area contributed by atoms with Crippen LogP contribution in [0.15, 0.2) is 24.3 Å². The second kappa shape index (κ2) is 6.62. The largest absolute Gasteiger partial charge is 0.399 e. The minimum absolute atomic E-state index is 0.414. The maximum atomic E-state index is 5.69. The van der Waals surface area contributed by atoms with E-state index in [9.17, 15) is 0 Å². The lowest BCUT2D eigenvalue weighted by Gasteiger charge is -2.32. The average Bonchev–Trinajstić information content (AvgIpc) is 2.28. The number of hydrogen-bond acceptors (Lipinski definition) is 3. The van der Waals surface area contributed by atoms with Crippen LogP contribution in [-0.4, -0.2) is 30.7 Å². The highest BCUT2D eigenvalue weighted by Crippen LogP contribution is 2.14. The van der Waals surface area contributed by atoms with E-state index in [1.165, 1.54) is 5.56 Å². The molecule has 3 heteroatoms. The number of methoxy groups -OCH3 is 1. The molecule has 1 rings (SSSR count). The number of hydrogen-bond donors (Lipinski definition) is 1. The maximum Gasteiger partial charge on any atom is 0.0615 e. The maximum absolute atomic E-state index is 5.69. The second-order valence-corrected chi connectivity index (χ2v) is 4.81. The van der Waals surface area contributed by atoms with Crippen molar-refractivity contribution in [1.82, 2.24) is 4.90 Å². The number of rotatable bonds is 6. The van der Waals surface area contributed by atoms with E-state index in [1.807, 2.05) is 12.1 Å². The fourth-order valence-electron chi connectivity index (χ4n) is 2.02. The quantitative estimate of drug-likeness (QED) is 0.771. The first-order valence-electron chi connectivity index (χ1n) is 6.13. The third kappa shape index (κ3) is 4.36. The molecule has 1 aromatic carbocycles. The zero-order valence-corrected chi connectivity index (χ0v) is 11.3. The van der Waals surface area contributed by atoms with Gasteiger partial charge in [-0.3, -0.25) is 4.90 Å². The molecule has 0 bridgehead atoms. The van der Waals surface area contributed by atoms with Gasteiger partial charge >= 0.3 is 0 Å². The molecule has 1 aromatic rings. The van der Waals surface area contributed by atoms with E-state index < -0.39 is 0 Å². The lowest BCUT2D eigenvalue weighted by Crippen LogP contribution is -2.40. The fourth-order valence-corrected chi connectivity index (χ4v) is 2.02. The van der Waals surface area contributed by atoms with Crippen molar-refractivity contribution < 1.29 is 4.74 Å². The summed E-state index contributed by atoms with van der Waals surface area (Å²) in [4.78, 5) is 2.43. The van der Waals surface area contributed by atoms with E-state index in [0.29, 0.717) is 12.1 Å². The molecule has 17 heavy (non-hydrogen) atoms. The Labute approximate surface area is 105 Å². The molecule has 0 saturated carbocycles. The zero-order valence-electron chi connectivity index (χ0n) is 11.3. The first kappa shape index (κ1) is 14.0. The zero-order chi connectivity index (χ0) is 12.8. The van der Waals surface area contributed by atoms with E-state index in [2.05, 4.69) is 37.8 Å². The summed E-state index contributed by atoms with van der Waals surface area (Å²) < 4.78 is 5.23. The predicted octanol–water partition coefficient (Wildman–Crippen LogP) is 2.51. The number of ether oxygens (including phenoxy) is 1. The van der Waals surface area contributed by atoms with Gasteiger partial charge in [-0.05, 0) is 38.5 Å². The van der Waals surface area contributed by atoms with E-state index in [4.69, 9.17) is 10.5 Å². The molecular weight excluding hydrogens is 212 g/mol. The Morgan fingerprint density at radius 1 is 1.18 bits per heavy atom. The standard InChI is InChI=1S/C14H24N2O/c1-11(2)16(12(3)10-17-4)9-13-5-7-14(15)8-6-13/h5-8,11-12H,9-10,15H2,1-4H3. The van der Waals surface area contributed by atoms with Gasteiger partial charge in [0.2, 0.25) is 0 Å². The lowest BCUT2D eigenvalue weighted by atomic mass is 10.1. The molecule has 0 fully saturated rings. The van der Waals surface area contributed by atoms with Crippen LogP contribution in [0.2, 0.25) is 0 Å². The molecule has 3 nitrogen and oxygen atoms in total. The summed E-state index contributed by atoms with van der Waals surface area (Å²) in [5.41, 5.74) is 7.79. The molecule has 0 aliphatic heterocycles. The SMILES string of the molecule is COCC(C)N(Cc1ccc(N)cc1)C(C)C. The number of benzene rings is 1. The van der Waals surface area contributed by atoms with Crippen LogP contribution in [0.5, 0.6) is 0 Å². The minimum Gasteiger partial charge on any atom is -0.399 e. The van der Waals surface area contributed by atoms with Crippen molar-refractivity contribution in [3.05, 3.63) is 29.8 Å². The van der Waals surface area contributed by atoms with Gasteiger partial charge in [0, 0.05) is 31.4 Å². The number of nitrogens with two attached hydrogens (primary N) is 1. The summed E-state index contributed by atoms with van der Waals surface area (Å²) >= 11 is 0. The first-order valence-corrected chi connectivity index (χ1v) is 6.13. The summed E-state index contributed by atoms with van der Waals surface area (Å²) in [6, 6.07) is 8.99. The van der Waals surface area contributed by atoms with E-state index in [0.717, 1.165) is 18.8 Å². The van der Waals surface area contributed by atoms with Gasteiger partial charge < -0.3 is 10.5 Å². The van der Waals surface area contributed by atoms with E-state index in [1.54, 1.807) is 7.11 Å². The summed E-state index contributed by atoms with van der Waals surface area (Å²) in [5, 5.41) is 0. The predicted molar refractivity (Wildman–Crippen MR) is 72.9 cm³/mol. The molecule has 0 spiro atoms. The molecule has 96 valence electrons. The van der Waals surface area contributed by atoms with Gasteiger partial charge in [0.05, 0.1) is 6.61 Å². The molecular formula is C14H24N2O. The van der Waals surface area contributed by atoms with Crippen molar-refractivity contribution in [2.24, 2.45) is 0 Å². The van der Waals surface area contributed by atoms with Gasteiger partial charge in [0.15, 0.2) is 0 Å². The van der Waals surface area contributed by atoms with Gasteiger partial charge in [-0.1, -0.05) is 12.1 Å². The van der Waals surface area contributed by atoms with Crippen LogP contribution in [0.3, 0.4) is 0 Å². The Hall–Kier alpha value is -1.06. The molecule has 0 aromatic heterocycles. The smallest absolute Gasteiger partial charge is 0.0615 e. The van der Waals surface area contributed by atoms with Crippen molar-refractivity contribution in [1.29, 1.82) is 0 Å². The van der Waals surface area contributed by atoms with Crippen LogP contribution in [0.1, 0.15) is 26.3 Å². The summed E-state index contributed by atoms with van der Waals surface area (Å²) in [7, 11) is 1.75. The summed E-state index contributed by atoms with van der Waals surface area (Å²) in [5.74, 6) is 0. The van der Waals surface area contributed by atoms with Crippen LogP contribution in [0.4, 0.5) is 5.69 Å². The molecule has 0 amide bonds. The fraction of sp³-hybridized carbons (Fsp3) is 0.571. The van der Waals surface area contributed by atoms with Gasteiger partial charge in [0.1, 0.15) is 0 Å². The van der Waals surface area contributed by atoms with Crippen molar-refractivity contribution in [3.63, 3.8) is 0 Å². The van der Waals surface area contributed by atoms with Crippen molar-refractivity contribution >= 4 is 5.69 Å². The van der Waals surface area contributed by atoms with Crippen LogP contribution in [0.25, 0.3) is 0 Å². The highest BCUT2D eigenvalue weighted by atomic mass is 16.5. The van der Waals surface area contributed by atoms with Gasteiger partial charge in [0.25, 0.3) is 0 Å². The van der Waals surface area contributed by atoms with Gasteiger partial charge in [-0.25, -0.2) is 0 Å². The molecule has 2 N–H and O–H groups in total. The molecule has 0 heterocycles. The van der Waals surface area contributed by atoms with E-state index >= 15 is 0 Å². The highest BCUT2D eigenvalue weighted by Gasteiger charge is 2.17. The summed E-state index contributed by atoms with van der Waals surface area (Å²) in [6.45, 7) is 8.31. The Morgan fingerprint density at radius 2 is 1.76 bits per heavy atom. The van der Waals surface area contributed by atoms with Gasteiger partial charge in [-0.2, -0.15) is 0 Å². The Bertz CT molecular complexity index is 321. The van der Waals surface area contributed by atoms with Crippen molar-refractivity contribution in [2.75, 3.05) is 19.5 Å². The third-order valence-electron chi connectivity index (χ3n) is 2.98. The van der Waals surface area contributed by atoms with Crippen LogP contribution < -0.4 is 5.73 Å². The molecule has 1 unspecified atom stereocenters. The number of nitrogens with zero attached hydrogens (tertiary/aromatic N) is 1. The first-order chi connectivity index (χ1) is 8.04. The Morgan fingerprint density at radius 3 is 2.24 bits per heavy atom. The normalized spacial score (nSPS) is 13.3. The molecule has 0 radical (unpaired) electrons. The minimum atomic E-state index is 0.414. The molecule has 0 saturated heterocycles. The van der Waals surface area contributed by atoms with Crippen LogP contribution >= 0.6 is 0 Å². The third-order valence-corrected chi connectivity index (χ3v) is 2.98. The topological polar surface area (TPSA) is 38.5 Å². The Kier molecular flexibility index (Phi) is 5.45. The van der Waals surface area contributed by atoms with Crippen molar-refractivity contribution in [3.8, 4) is 0 Å². The van der Waals surface area contributed by atoms with Crippen LogP contribution in [-0.2, 0) is 11.3 Å². The number of anilines is 1. The van der Waals surface area contributed by atoms with Gasteiger partial charge in [-0.15, -0.1) is 0 Å². The summed E-state index contributed by atoms with van der Waals surface area (Å²) in [6.07, 6.45) is 0. The highest BCUT2D eigenvalue weighted by molar-refractivity contribution is 5.39. The molecule has 1 atom stereocenters. The second-order valence-electron chi connectivity index (χ2n) is 4.81. The lowest BCUT2D eigenvalue weighted by molar-refractivity contribution is 0.0739. The molecule has 0 aliphatic carbocycles. The average molecular weight is 236 g/mol. The van der Waals surface area contributed by atoms with E-state index in [-0.39, 0.29) is 0 Å². The van der Waals surface area contributed by atoms with Crippen LogP contribution in [0, 0.1) is 0 Å². The monoisotopic (exact) mass is 236 g/mol. The van der Waals surface area contributed by atoms with Crippen molar-refractivity contribution in [2.45, 2.75) is 39.4 Å².